The topological polar surface area (TPSA) is 3.24 Å². The van der Waals surface area contributed by atoms with E-state index in [4.69, 9.17) is 0 Å². The van der Waals surface area contributed by atoms with Gasteiger partial charge >= 0.3 is 0 Å². The molecular weight excluding hydrogens is 170 g/mol. The number of anilines is 1. The van der Waals surface area contributed by atoms with Crippen LogP contribution in [0.1, 0.15) is 19.4 Å². The van der Waals surface area contributed by atoms with Crippen molar-refractivity contribution in [1.82, 2.24) is 0 Å². The van der Waals surface area contributed by atoms with Gasteiger partial charge in [0.1, 0.15) is 0 Å². The van der Waals surface area contributed by atoms with Gasteiger partial charge in [-0.2, -0.15) is 0 Å². The lowest BCUT2D eigenvalue weighted by Gasteiger charge is -2.40. The van der Waals surface area contributed by atoms with Gasteiger partial charge in [0.2, 0.25) is 0 Å². The highest BCUT2D eigenvalue weighted by Crippen LogP contribution is 2.40. The van der Waals surface area contributed by atoms with Crippen molar-refractivity contribution < 1.29 is 0 Å². The molecular formula is C13H17N. The van der Waals surface area contributed by atoms with Crippen LogP contribution in [0.15, 0.2) is 36.4 Å². The summed E-state index contributed by atoms with van der Waals surface area (Å²) in [6.45, 7) is 9.64. The number of para-hydroxylation sites is 1. The number of likely N-dealkylation sites (N-methyl/N-ethyl adjacent to an activating group) is 1. The fourth-order valence-corrected chi connectivity index (χ4v) is 2.09. The Morgan fingerprint density at radius 3 is 2.64 bits per heavy atom. The summed E-state index contributed by atoms with van der Waals surface area (Å²) in [5, 5.41) is 0. The summed E-state index contributed by atoms with van der Waals surface area (Å²) in [6, 6.07) is 8.59. The second-order valence-electron chi connectivity index (χ2n) is 4.60. The predicted octanol–water partition coefficient (Wildman–Crippen LogP) is 2.97. The minimum atomic E-state index is 0.114. The van der Waals surface area contributed by atoms with Crippen LogP contribution in [0.4, 0.5) is 5.69 Å². The van der Waals surface area contributed by atoms with Crippen LogP contribution in [0.25, 0.3) is 0 Å². The lowest BCUT2D eigenvalue weighted by atomic mass is 9.75. The molecule has 0 saturated heterocycles. The van der Waals surface area contributed by atoms with Crippen molar-refractivity contribution in [2.45, 2.75) is 19.3 Å². The van der Waals surface area contributed by atoms with Gasteiger partial charge in [0.05, 0.1) is 0 Å². The van der Waals surface area contributed by atoms with Gasteiger partial charge < -0.3 is 4.90 Å². The molecule has 1 aliphatic rings. The van der Waals surface area contributed by atoms with Gasteiger partial charge in [-0.05, 0) is 17.2 Å². The second-order valence-corrected chi connectivity index (χ2v) is 4.60. The average Bonchev–Trinajstić information content (AvgIpc) is 2.16. The molecule has 0 saturated carbocycles. The van der Waals surface area contributed by atoms with Crippen molar-refractivity contribution in [2.24, 2.45) is 0 Å². The number of nitrogens with zero attached hydrogens (tertiary/aromatic N) is 1. The predicted molar refractivity (Wildman–Crippen MR) is 61.9 cm³/mol. The summed E-state index contributed by atoms with van der Waals surface area (Å²) in [7, 11) is 2.12. The van der Waals surface area contributed by atoms with E-state index in [2.05, 4.69) is 56.6 Å². The van der Waals surface area contributed by atoms with Gasteiger partial charge in [0.15, 0.2) is 0 Å². The first-order chi connectivity index (χ1) is 6.53. The first-order valence-electron chi connectivity index (χ1n) is 5.02. The average molecular weight is 187 g/mol. The smallest absolute Gasteiger partial charge is 0.0407 e. The maximum absolute atomic E-state index is 4.17. The van der Waals surface area contributed by atoms with E-state index in [1.54, 1.807) is 0 Å². The number of benzene rings is 1. The van der Waals surface area contributed by atoms with Crippen molar-refractivity contribution in [1.29, 1.82) is 0 Å². The van der Waals surface area contributed by atoms with E-state index in [9.17, 15) is 0 Å². The highest BCUT2D eigenvalue weighted by atomic mass is 15.1. The molecule has 0 aromatic heterocycles. The normalized spacial score (nSPS) is 19.4. The molecule has 1 heteroatoms. The van der Waals surface area contributed by atoms with Crippen LogP contribution in [0.5, 0.6) is 0 Å². The van der Waals surface area contributed by atoms with E-state index >= 15 is 0 Å². The Morgan fingerprint density at radius 2 is 1.93 bits per heavy atom. The minimum Gasteiger partial charge on any atom is -0.370 e. The van der Waals surface area contributed by atoms with Gasteiger partial charge in [-0.25, -0.2) is 0 Å². The van der Waals surface area contributed by atoms with Crippen LogP contribution < -0.4 is 4.90 Å². The Balaban J connectivity index is 2.63. The summed E-state index contributed by atoms with van der Waals surface area (Å²) in [5.74, 6) is 0. The third-order valence-electron chi connectivity index (χ3n) is 3.30. The third-order valence-corrected chi connectivity index (χ3v) is 3.30. The maximum atomic E-state index is 4.17. The molecule has 0 N–H and O–H groups in total. The van der Waals surface area contributed by atoms with Crippen molar-refractivity contribution in [3.8, 4) is 0 Å². The van der Waals surface area contributed by atoms with Crippen LogP contribution in [0.3, 0.4) is 0 Å². The van der Waals surface area contributed by atoms with Crippen LogP contribution in [-0.4, -0.2) is 13.6 Å². The molecule has 1 nitrogen and oxygen atoms in total. The van der Waals surface area contributed by atoms with Gasteiger partial charge in [-0.3, -0.25) is 0 Å². The molecule has 0 unspecified atom stereocenters. The van der Waals surface area contributed by atoms with Gasteiger partial charge in [-0.1, -0.05) is 38.6 Å². The lowest BCUT2D eigenvalue weighted by Crippen LogP contribution is -2.36. The van der Waals surface area contributed by atoms with Gasteiger partial charge in [0, 0.05) is 24.7 Å². The standard InChI is InChI=1S/C13H17N/c1-10-9-14(4)12-8-6-5-7-11(12)13(10,2)3/h5-8H,1,9H2,2-4H3. The Hall–Kier alpha value is -1.24. The molecule has 2 rings (SSSR count). The van der Waals surface area contributed by atoms with Crippen molar-refractivity contribution in [3.63, 3.8) is 0 Å². The molecule has 0 amide bonds. The Bertz CT molecular complexity index is 377. The molecule has 0 fully saturated rings. The molecule has 0 atom stereocenters. The Kier molecular flexibility index (Phi) is 1.91. The van der Waals surface area contributed by atoms with Crippen LogP contribution in [0, 0.1) is 0 Å². The molecule has 0 aliphatic carbocycles. The molecule has 14 heavy (non-hydrogen) atoms. The number of hydrogen-bond acceptors (Lipinski definition) is 1. The van der Waals surface area contributed by atoms with E-state index in [-0.39, 0.29) is 5.41 Å². The zero-order valence-corrected chi connectivity index (χ0v) is 9.17. The molecule has 0 spiro atoms. The van der Waals surface area contributed by atoms with E-state index in [0.29, 0.717) is 0 Å². The quantitative estimate of drug-likeness (QED) is 0.564. The fraction of sp³-hybridized carbons (Fsp3) is 0.385. The minimum absolute atomic E-state index is 0.114. The van der Waals surface area contributed by atoms with Crippen LogP contribution in [0.2, 0.25) is 0 Å². The highest BCUT2D eigenvalue weighted by molar-refractivity contribution is 5.62. The molecule has 0 radical (unpaired) electrons. The fourth-order valence-electron chi connectivity index (χ4n) is 2.09. The molecule has 1 heterocycles. The Morgan fingerprint density at radius 1 is 1.29 bits per heavy atom. The van der Waals surface area contributed by atoms with Crippen molar-refractivity contribution in [2.75, 3.05) is 18.5 Å². The first kappa shape index (κ1) is 9.32. The van der Waals surface area contributed by atoms with E-state index < -0.39 is 0 Å². The molecule has 0 bridgehead atoms. The van der Waals surface area contributed by atoms with Crippen molar-refractivity contribution in [3.05, 3.63) is 42.0 Å². The number of fused-ring (bicyclic) bond motifs is 1. The second kappa shape index (κ2) is 2.88. The monoisotopic (exact) mass is 187 g/mol. The SMILES string of the molecule is C=C1CN(C)c2ccccc2C1(C)C. The van der Waals surface area contributed by atoms with E-state index in [1.807, 2.05) is 0 Å². The van der Waals surface area contributed by atoms with E-state index in [0.717, 1.165) is 6.54 Å². The summed E-state index contributed by atoms with van der Waals surface area (Å²) < 4.78 is 0. The lowest BCUT2D eigenvalue weighted by molar-refractivity contribution is 0.585. The van der Waals surface area contributed by atoms with Crippen LogP contribution >= 0.6 is 0 Å². The Labute approximate surface area is 86.1 Å². The third kappa shape index (κ3) is 1.16. The summed E-state index contributed by atoms with van der Waals surface area (Å²) in [5.41, 5.74) is 4.13. The van der Waals surface area contributed by atoms with Gasteiger partial charge in [-0.15, -0.1) is 0 Å². The molecule has 74 valence electrons. The zero-order valence-electron chi connectivity index (χ0n) is 9.17. The maximum Gasteiger partial charge on any atom is 0.0407 e. The van der Waals surface area contributed by atoms with Gasteiger partial charge in [0.25, 0.3) is 0 Å². The molecule has 1 aromatic rings. The summed E-state index contributed by atoms with van der Waals surface area (Å²) in [4.78, 5) is 2.27. The number of rotatable bonds is 0. The molecule has 1 aromatic carbocycles. The summed E-state index contributed by atoms with van der Waals surface area (Å²) >= 11 is 0. The van der Waals surface area contributed by atoms with E-state index in [1.165, 1.54) is 16.8 Å². The summed E-state index contributed by atoms with van der Waals surface area (Å²) in [6.07, 6.45) is 0. The largest absolute Gasteiger partial charge is 0.370 e. The van der Waals surface area contributed by atoms with Crippen molar-refractivity contribution >= 4 is 5.69 Å². The molecule has 1 aliphatic heterocycles. The zero-order chi connectivity index (χ0) is 10.3. The highest BCUT2D eigenvalue weighted by Gasteiger charge is 2.32. The number of hydrogen-bond donors (Lipinski definition) is 0. The first-order valence-corrected chi connectivity index (χ1v) is 5.02. The van der Waals surface area contributed by atoms with Crippen LogP contribution in [-0.2, 0) is 5.41 Å².